The normalized spacial score (nSPS) is 12.8. The van der Waals surface area contributed by atoms with E-state index in [9.17, 15) is 4.79 Å². The van der Waals surface area contributed by atoms with Crippen LogP contribution in [0, 0.1) is 13.8 Å². The molecule has 1 aliphatic heterocycles. The number of benzene rings is 2. The van der Waals surface area contributed by atoms with Crippen molar-refractivity contribution in [3.05, 3.63) is 65.0 Å². The molecule has 0 saturated heterocycles. The minimum atomic E-state index is -0.771. The molecule has 0 spiro atoms. The van der Waals surface area contributed by atoms with Gasteiger partial charge in [0.15, 0.2) is 0 Å². The Morgan fingerprint density at radius 3 is 2.75 bits per heavy atom. The van der Waals surface area contributed by atoms with Crippen molar-refractivity contribution in [1.82, 2.24) is 4.98 Å². The van der Waals surface area contributed by atoms with E-state index in [1.807, 2.05) is 31.2 Å². The maximum Gasteiger partial charge on any atom is 1.00 e. The standard InChI is InChI=1S/C25H28N2O4.Na.H/c1-17-8-10-19(11-9-17)25-26-21(18(2)31-25)13-16-30-23-7-3-6-22-20(23)5-4-14-27(22)15-12-24(28)29;;/h3,6-11H,4-5,12-16H2,1-2H3,(H,28,29);;/q;+1;-1. The quantitative estimate of drug-likeness (QED) is 0.535. The van der Waals surface area contributed by atoms with Crippen LogP contribution in [0.3, 0.4) is 0 Å². The van der Waals surface area contributed by atoms with Crippen LogP contribution in [-0.2, 0) is 17.6 Å². The minimum absolute atomic E-state index is 0. The Morgan fingerprint density at radius 1 is 1.22 bits per heavy atom. The van der Waals surface area contributed by atoms with Crippen molar-refractivity contribution in [3.63, 3.8) is 0 Å². The molecule has 0 aliphatic carbocycles. The molecule has 0 fully saturated rings. The number of ether oxygens (including phenoxy) is 1. The van der Waals surface area contributed by atoms with Crippen molar-refractivity contribution in [2.24, 2.45) is 0 Å². The number of anilines is 1. The van der Waals surface area contributed by atoms with Gasteiger partial charge >= 0.3 is 35.5 Å². The first-order valence-corrected chi connectivity index (χ1v) is 10.8. The number of carboxylic acids is 1. The fourth-order valence-corrected chi connectivity index (χ4v) is 4.00. The van der Waals surface area contributed by atoms with E-state index in [1.54, 1.807) is 0 Å². The van der Waals surface area contributed by atoms with E-state index in [4.69, 9.17) is 14.3 Å². The average molecular weight is 445 g/mol. The van der Waals surface area contributed by atoms with Crippen LogP contribution < -0.4 is 39.2 Å². The molecule has 3 aromatic rings. The van der Waals surface area contributed by atoms with Crippen LogP contribution in [0.1, 0.15) is 36.8 Å². The van der Waals surface area contributed by atoms with Gasteiger partial charge in [0.1, 0.15) is 11.5 Å². The van der Waals surface area contributed by atoms with Crippen LogP contribution in [0.15, 0.2) is 46.9 Å². The molecule has 1 N–H and O–H groups in total. The Hall–Kier alpha value is -2.28. The number of aromatic nitrogens is 1. The molecule has 1 aliphatic rings. The Morgan fingerprint density at radius 2 is 2.00 bits per heavy atom. The first kappa shape index (κ1) is 24.4. The van der Waals surface area contributed by atoms with Crippen molar-refractivity contribution in [2.45, 2.75) is 39.5 Å². The molecule has 32 heavy (non-hydrogen) atoms. The van der Waals surface area contributed by atoms with Crippen LogP contribution in [0.25, 0.3) is 11.5 Å². The second-order valence-corrected chi connectivity index (χ2v) is 7.97. The smallest absolute Gasteiger partial charge is 1.00 e. The molecule has 0 saturated carbocycles. The molecule has 7 heteroatoms. The van der Waals surface area contributed by atoms with Gasteiger partial charge in [0, 0.05) is 36.3 Å². The summed E-state index contributed by atoms with van der Waals surface area (Å²) in [6.07, 6.45) is 2.73. The van der Waals surface area contributed by atoms with Crippen LogP contribution >= 0.6 is 0 Å². The molecule has 164 valence electrons. The molecule has 2 heterocycles. The minimum Gasteiger partial charge on any atom is -1.00 e. The van der Waals surface area contributed by atoms with Gasteiger partial charge in [-0.3, -0.25) is 4.79 Å². The Kier molecular flexibility index (Phi) is 8.40. The third-order valence-electron chi connectivity index (χ3n) is 5.69. The average Bonchev–Trinajstić information content (AvgIpc) is 3.13. The summed E-state index contributed by atoms with van der Waals surface area (Å²) in [5, 5.41) is 9.02. The molecule has 4 rings (SSSR count). The largest absolute Gasteiger partial charge is 1.00 e. The van der Waals surface area contributed by atoms with Gasteiger partial charge in [0.25, 0.3) is 0 Å². The number of hydrogen-bond donors (Lipinski definition) is 1. The molecule has 0 bridgehead atoms. The summed E-state index contributed by atoms with van der Waals surface area (Å²) < 4.78 is 12.0. The van der Waals surface area contributed by atoms with E-state index in [0.29, 0.717) is 25.5 Å². The first-order valence-electron chi connectivity index (χ1n) is 10.8. The van der Waals surface area contributed by atoms with Crippen molar-refractivity contribution >= 4 is 11.7 Å². The van der Waals surface area contributed by atoms with Gasteiger partial charge in [-0.05, 0) is 51.0 Å². The molecule has 6 nitrogen and oxygen atoms in total. The molecular weight excluding hydrogens is 415 g/mol. The second-order valence-electron chi connectivity index (χ2n) is 7.97. The van der Waals surface area contributed by atoms with Gasteiger partial charge in [0.05, 0.1) is 18.7 Å². The molecule has 0 atom stereocenters. The Bertz CT molecular complexity index is 1070. The third-order valence-corrected chi connectivity index (χ3v) is 5.69. The molecule has 2 aromatic carbocycles. The number of aryl methyl sites for hydroxylation is 2. The zero-order valence-electron chi connectivity index (χ0n) is 20.1. The van der Waals surface area contributed by atoms with E-state index in [0.717, 1.165) is 53.4 Å². The number of carboxylic acid groups (broad SMARTS) is 1. The van der Waals surface area contributed by atoms with Gasteiger partial charge in [-0.25, -0.2) is 4.98 Å². The van der Waals surface area contributed by atoms with Gasteiger partial charge in [-0.15, -0.1) is 0 Å². The number of fused-ring (bicyclic) bond motifs is 1. The summed E-state index contributed by atoms with van der Waals surface area (Å²) in [7, 11) is 0. The van der Waals surface area contributed by atoms with Gasteiger partial charge < -0.3 is 20.6 Å². The SMILES string of the molecule is Cc1ccc(-c2nc(CCOc3cccc4c3CCCN4CCC(=O)O)c(C)o2)cc1.[H-].[Na+]. The van der Waals surface area contributed by atoms with Crippen molar-refractivity contribution < 1.29 is 50.0 Å². The number of rotatable bonds is 8. The number of oxazole rings is 1. The van der Waals surface area contributed by atoms with Gasteiger partial charge in [-0.2, -0.15) is 0 Å². The third kappa shape index (κ3) is 5.74. The Labute approximate surface area is 212 Å². The van der Waals surface area contributed by atoms with E-state index in [-0.39, 0.29) is 37.4 Å². The molecule has 1 aromatic heterocycles. The van der Waals surface area contributed by atoms with Crippen molar-refractivity contribution in [3.8, 4) is 17.2 Å². The number of nitrogens with zero attached hydrogens (tertiary/aromatic N) is 2. The van der Waals surface area contributed by atoms with E-state index < -0.39 is 5.97 Å². The summed E-state index contributed by atoms with van der Waals surface area (Å²) in [4.78, 5) is 17.8. The Balaban J connectivity index is 0.00000193. The number of carbonyl (C=O) groups is 1. The topological polar surface area (TPSA) is 75.8 Å². The monoisotopic (exact) mass is 444 g/mol. The van der Waals surface area contributed by atoms with Crippen LogP contribution in [-0.4, -0.2) is 35.8 Å². The van der Waals surface area contributed by atoms with E-state index >= 15 is 0 Å². The van der Waals surface area contributed by atoms with Crippen LogP contribution in [0.2, 0.25) is 0 Å². The fraction of sp³-hybridized carbons (Fsp3) is 0.360. The van der Waals surface area contributed by atoms with Gasteiger partial charge in [-0.1, -0.05) is 23.8 Å². The maximum absolute atomic E-state index is 11.0. The second kappa shape index (κ2) is 11.0. The summed E-state index contributed by atoms with van der Waals surface area (Å²) in [5.74, 6) is 1.55. The summed E-state index contributed by atoms with van der Waals surface area (Å²) in [6.45, 7) is 5.90. The van der Waals surface area contributed by atoms with E-state index in [1.165, 1.54) is 5.56 Å². The number of aliphatic carboxylic acids is 1. The van der Waals surface area contributed by atoms with Gasteiger partial charge in [0.2, 0.25) is 5.89 Å². The molecule has 0 unspecified atom stereocenters. The predicted octanol–water partition coefficient (Wildman–Crippen LogP) is 1.92. The summed E-state index contributed by atoms with van der Waals surface area (Å²) in [6, 6.07) is 14.2. The molecular formula is C25H29N2NaO4. The van der Waals surface area contributed by atoms with Crippen LogP contribution in [0.4, 0.5) is 5.69 Å². The zero-order chi connectivity index (χ0) is 21.8. The van der Waals surface area contributed by atoms with E-state index in [2.05, 4.69) is 35.0 Å². The first-order chi connectivity index (χ1) is 15.0. The predicted molar refractivity (Wildman–Crippen MR) is 121 cm³/mol. The molecule has 0 radical (unpaired) electrons. The van der Waals surface area contributed by atoms with Crippen LogP contribution in [0.5, 0.6) is 5.75 Å². The van der Waals surface area contributed by atoms with Crippen molar-refractivity contribution in [1.29, 1.82) is 0 Å². The maximum atomic E-state index is 11.0. The summed E-state index contributed by atoms with van der Waals surface area (Å²) in [5.41, 5.74) is 5.33. The fourth-order valence-electron chi connectivity index (χ4n) is 4.00. The molecule has 0 amide bonds. The van der Waals surface area contributed by atoms with Crippen molar-refractivity contribution in [2.75, 3.05) is 24.6 Å². The summed E-state index contributed by atoms with van der Waals surface area (Å²) >= 11 is 0. The number of hydrogen-bond acceptors (Lipinski definition) is 5. The zero-order valence-corrected chi connectivity index (χ0v) is 21.1.